The molecule has 0 bridgehead atoms. The molecule has 1 fully saturated rings. The van der Waals surface area contributed by atoms with Gasteiger partial charge in [0.1, 0.15) is 13.1 Å². The minimum atomic E-state index is -0.168. The molecular weight excluding hydrogens is 294 g/mol. The van der Waals surface area contributed by atoms with Crippen LogP contribution < -0.4 is 10.2 Å². The molecule has 1 aromatic rings. The number of likely N-dealkylation sites (N-methyl/N-ethyl adjacent to an activating group) is 1. The molecule has 6 heteroatoms. The summed E-state index contributed by atoms with van der Waals surface area (Å²) in [6, 6.07) is 7.73. The summed E-state index contributed by atoms with van der Waals surface area (Å²) in [7, 11) is 1.67. The molecule has 0 unspecified atom stereocenters. The van der Waals surface area contributed by atoms with Crippen molar-refractivity contribution in [2.45, 2.75) is 13.3 Å². The second kappa shape index (κ2) is 8.64. The molecule has 2 amide bonds. The third kappa shape index (κ3) is 5.33. The molecule has 6 nitrogen and oxygen atoms in total. The Labute approximate surface area is 137 Å². The number of ether oxygens (including phenoxy) is 1. The molecule has 0 radical (unpaired) electrons. The minimum absolute atomic E-state index is 0.0131. The van der Waals surface area contributed by atoms with Crippen LogP contribution in [0, 0.1) is 0 Å². The van der Waals surface area contributed by atoms with Crippen molar-refractivity contribution in [1.82, 2.24) is 4.90 Å². The smallest absolute Gasteiger partial charge is 0.277 e. The minimum Gasteiger partial charge on any atom is -0.370 e. The van der Waals surface area contributed by atoms with E-state index in [1.54, 1.807) is 7.05 Å². The Kier molecular flexibility index (Phi) is 6.55. The number of amides is 2. The van der Waals surface area contributed by atoms with E-state index in [1.807, 2.05) is 31.2 Å². The number of rotatable bonds is 6. The summed E-state index contributed by atoms with van der Waals surface area (Å²) in [5.41, 5.74) is 1.91. The van der Waals surface area contributed by atoms with E-state index in [2.05, 4.69) is 5.32 Å². The van der Waals surface area contributed by atoms with Crippen LogP contribution in [-0.4, -0.2) is 63.2 Å². The fourth-order valence-corrected chi connectivity index (χ4v) is 2.63. The van der Waals surface area contributed by atoms with Crippen molar-refractivity contribution in [3.8, 4) is 0 Å². The molecule has 1 heterocycles. The lowest BCUT2D eigenvalue weighted by Crippen LogP contribution is -3.15. The predicted molar refractivity (Wildman–Crippen MR) is 88.5 cm³/mol. The summed E-state index contributed by atoms with van der Waals surface area (Å²) in [6.07, 6.45) is 0.853. The van der Waals surface area contributed by atoms with Gasteiger partial charge < -0.3 is 19.9 Å². The normalized spacial score (nSPS) is 15.2. The zero-order chi connectivity index (χ0) is 16.7. The highest BCUT2D eigenvalue weighted by Crippen LogP contribution is 2.15. The van der Waals surface area contributed by atoms with Crippen molar-refractivity contribution < 1.29 is 19.2 Å². The Hall–Kier alpha value is -1.92. The van der Waals surface area contributed by atoms with Crippen LogP contribution in [0.1, 0.15) is 12.5 Å². The van der Waals surface area contributed by atoms with Crippen LogP contribution in [-0.2, 0) is 20.7 Å². The largest absolute Gasteiger partial charge is 0.370 e. The first-order valence-corrected chi connectivity index (χ1v) is 8.13. The van der Waals surface area contributed by atoms with E-state index < -0.39 is 0 Å². The van der Waals surface area contributed by atoms with E-state index in [0.29, 0.717) is 19.8 Å². The maximum absolute atomic E-state index is 12.2. The molecule has 2 N–H and O–H groups in total. The second-order valence-corrected chi connectivity index (χ2v) is 5.85. The van der Waals surface area contributed by atoms with Gasteiger partial charge >= 0.3 is 0 Å². The lowest BCUT2D eigenvalue weighted by atomic mass is 10.1. The van der Waals surface area contributed by atoms with Crippen molar-refractivity contribution in [1.29, 1.82) is 0 Å². The zero-order valence-electron chi connectivity index (χ0n) is 13.9. The zero-order valence-corrected chi connectivity index (χ0v) is 13.9. The average Bonchev–Trinajstić information content (AvgIpc) is 2.56. The van der Waals surface area contributed by atoms with Gasteiger partial charge in [-0.05, 0) is 18.1 Å². The molecule has 1 aromatic carbocycles. The molecular formula is C17H26N3O3+. The average molecular weight is 320 g/mol. The fourth-order valence-electron chi connectivity index (χ4n) is 2.63. The van der Waals surface area contributed by atoms with Gasteiger partial charge in [0.15, 0.2) is 6.54 Å². The summed E-state index contributed by atoms with van der Waals surface area (Å²) in [4.78, 5) is 27.1. The van der Waals surface area contributed by atoms with E-state index in [9.17, 15) is 9.59 Å². The number of nitrogens with zero attached hydrogens (tertiary/aromatic N) is 1. The van der Waals surface area contributed by atoms with Crippen LogP contribution in [0.5, 0.6) is 0 Å². The van der Waals surface area contributed by atoms with E-state index in [0.717, 1.165) is 30.8 Å². The molecule has 23 heavy (non-hydrogen) atoms. The van der Waals surface area contributed by atoms with Gasteiger partial charge in [-0.1, -0.05) is 25.1 Å². The van der Waals surface area contributed by atoms with Gasteiger partial charge in [-0.3, -0.25) is 9.59 Å². The molecule has 0 spiro atoms. The summed E-state index contributed by atoms with van der Waals surface area (Å²) >= 11 is 0. The molecule has 0 saturated carbocycles. The first-order valence-electron chi connectivity index (χ1n) is 8.13. The number of nitrogens with one attached hydrogen (secondary N) is 2. The lowest BCUT2D eigenvalue weighted by molar-refractivity contribution is -0.900. The molecule has 2 rings (SSSR count). The maximum atomic E-state index is 12.2. The van der Waals surface area contributed by atoms with Crippen LogP contribution >= 0.6 is 0 Å². The van der Waals surface area contributed by atoms with E-state index >= 15 is 0 Å². The third-order valence-corrected chi connectivity index (χ3v) is 4.08. The summed E-state index contributed by atoms with van der Waals surface area (Å²) in [5, 5.41) is 2.89. The van der Waals surface area contributed by atoms with Crippen molar-refractivity contribution in [3.05, 3.63) is 29.8 Å². The molecule has 1 aliphatic heterocycles. The Morgan fingerprint density at radius 1 is 1.26 bits per heavy atom. The monoisotopic (exact) mass is 320 g/mol. The van der Waals surface area contributed by atoms with Gasteiger partial charge in [0.25, 0.3) is 5.91 Å². The summed E-state index contributed by atoms with van der Waals surface area (Å²) in [6.45, 7) is 5.61. The van der Waals surface area contributed by atoms with Crippen LogP contribution in [0.15, 0.2) is 24.3 Å². The van der Waals surface area contributed by atoms with Gasteiger partial charge in [0.2, 0.25) is 5.91 Å². The van der Waals surface area contributed by atoms with E-state index in [-0.39, 0.29) is 18.4 Å². The number of anilines is 1. The Balaban J connectivity index is 1.82. The number of quaternary nitrogens is 1. The Morgan fingerprint density at radius 2 is 1.96 bits per heavy atom. The highest BCUT2D eigenvalue weighted by Gasteiger charge is 2.21. The van der Waals surface area contributed by atoms with Gasteiger partial charge in [0.05, 0.1) is 19.8 Å². The SMILES string of the molecule is CCc1ccccc1NC(=O)CN(C)C(=O)C[NH+]1CCOCC1. The highest BCUT2D eigenvalue weighted by atomic mass is 16.5. The van der Waals surface area contributed by atoms with Gasteiger partial charge in [-0.15, -0.1) is 0 Å². The van der Waals surface area contributed by atoms with Gasteiger partial charge in [-0.2, -0.15) is 0 Å². The summed E-state index contributed by atoms with van der Waals surface area (Å²) in [5.74, 6) is -0.181. The second-order valence-electron chi connectivity index (χ2n) is 5.85. The maximum Gasteiger partial charge on any atom is 0.277 e. The third-order valence-electron chi connectivity index (χ3n) is 4.08. The quantitative estimate of drug-likeness (QED) is 0.747. The fraction of sp³-hybridized carbons (Fsp3) is 0.529. The van der Waals surface area contributed by atoms with Crippen molar-refractivity contribution in [2.24, 2.45) is 0 Å². The number of benzene rings is 1. The predicted octanol–water partition coefficient (Wildman–Crippen LogP) is -0.439. The molecule has 126 valence electrons. The van der Waals surface area contributed by atoms with E-state index in [4.69, 9.17) is 4.74 Å². The van der Waals surface area contributed by atoms with Crippen LogP contribution in [0.4, 0.5) is 5.69 Å². The molecule has 1 saturated heterocycles. The number of carbonyl (C=O) groups excluding carboxylic acids is 2. The van der Waals surface area contributed by atoms with Gasteiger partial charge in [0, 0.05) is 12.7 Å². The van der Waals surface area contributed by atoms with Crippen molar-refractivity contribution in [3.63, 3.8) is 0 Å². The highest BCUT2D eigenvalue weighted by molar-refractivity contribution is 5.95. The Bertz CT molecular complexity index is 542. The van der Waals surface area contributed by atoms with Crippen LogP contribution in [0.2, 0.25) is 0 Å². The number of hydrogen-bond donors (Lipinski definition) is 2. The topological polar surface area (TPSA) is 63.1 Å². The molecule has 0 aromatic heterocycles. The number of aryl methyl sites for hydroxylation is 1. The summed E-state index contributed by atoms with van der Waals surface area (Å²) < 4.78 is 5.28. The van der Waals surface area contributed by atoms with Gasteiger partial charge in [-0.25, -0.2) is 0 Å². The standard InChI is InChI=1S/C17H25N3O3/c1-3-14-6-4-5-7-15(14)18-16(21)12-19(2)17(22)13-20-8-10-23-11-9-20/h4-7H,3,8-13H2,1-2H3,(H,18,21)/p+1. The Morgan fingerprint density at radius 3 is 2.65 bits per heavy atom. The number of hydrogen-bond acceptors (Lipinski definition) is 3. The number of morpholine rings is 1. The van der Waals surface area contributed by atoms with Crippen molar-refractivity contribution in [2.75, 3.05) is 51.8 Å². The van der Waals surface area contributed by atoms with Crippen LogP contribution in [0.25, 0.3) is 0 Å². The number of carbonyl (C=O) groups is 2. The first-order chi connectivity index (χ1) is 11.1. The molecule has 0 aliphatic carbocycles. The number of para-hydroxylation sites is 1. The lowest BCUT2D eigenvalue weighted by Gasteiger charge is -2.25. The first kappa shape index (κ1) is 17.4. The van der Waals surface area contributed by atoms with Crippen molar-refractivity contribution >= 4 is 17.5 Å². The molecule has 1 aliphatic rings. The molecule has 0 atom stereocenters. The van der Waals surface area contributed by atoms with Crippen LogP contribution in [0.3, 0.4) is 0 Å². The van der Waals surface area contributed by atoms with E-state index in [1.165, 1.54) is 9.80 Å².